The highest BCUT2D eigenvalue weighted by Crippen LogP contribution is 2.62. The van der Waals surface area contributed by atoms with Gasteiger partial charge in [0.05, 0.1) is 5.41 Å². The standard InChI is InChI=1S/C36H27N2/c1-24-11-3-10-18-34(24)38-35(21-22-37(38)2)25-19-20-33-29(23-25)28-14-6-9-17-32(28)36(33)30-15-7-4-12-26(30)27-13-5-8-16-31(27)36/h3-23H,1-2H3/q+1. The predicted molar refractivity (Wildman–Crippen MR) is 153 cm³/mol. The number of nitrogens with zero attached hydrogens (tertiary/aromatic N) is 2. The van der Waals surface area contributed by atoms with Crippen LogP contribution in [-0.2, 0) is 12.5 Å². The highest BCUT2D eigenvalue weighted by atomic mass is 15.4. The average molecular weight is 488 g/mol. The Morgan fingerprint density at radius 2 is 1.08 bits per heavy atom. The molecule has 0 radical (unpaired) electrons. The summed E-state index contributed by atoms with van der Waals surface area (Å²) in [6.07, 6.45) is 2.15. The lowest BCUT2D eigenvalue weighted by Gasteiger charge is -2.30. The zero-order chi connectivity index (χ0) is 25.4. The van der Waals surface area contributed by atoms with Crippen molar-refractivity contribution in [1.82, 2.24) is 4.68 Å². The monoisotopic (exact) mass is 487 g/mol. The summed E-state index contributed by atoms with van der Waals surface area (Å²) in [5.41, 5.74) is 15.4. The molecular formula is C36H27N2+. The zero-order valence-corrected chi connectivity index (χ0v) is 21.5. The highest BCUT2D eigenvalue weighted by molar-refractivity contribution is 5.95. The van der Waals surface area contributed by atoms with E-state index >= 15 is 0 Å². The summed E-state index contributed by atoms with van der Waals surface area (Å²) in [6, 6.07) is 44.9. The van der Waals surface area contributed by atoms with E-state index in [9.17, 15) is 0 Å². The summed E-state index contributed by atoms with van der Waals surface area (Å²) in [6.45, 7) is 2.18. The van der Waals surface area contributed by atoms with E-state index in [2.05, 4.69) is 151 Å². The van der Waals surface area contributed by atoms with Crippen molar-refractivity contribution in [2.75, 3.05) is 0 Å². The van der Waals surface area contributed by atoms with Crippen LogP contribution in [0.1, 0.15) is 27.8 Å². The fourth-order valence-electron chi connectivity index (χ4n) is 7.06. The van der Waals surface area contributed by atoms with Crippen molar-refractivity contribution in [3.8, 4) is 39.2 Å². The van der Waals surface area contributed by atoms with Crippen molar-refractivity contribution in [3.63, 3.8) is 0 Å². The van der Waals surface area contributed by atoms with Crippen LogP contribution in [0.4, 0.5) is 0 Å². The molecule has 0 unspecified atom stereocenters. The number of aromatic nitrogens is 2. The third-order valence-electron chi connectivity index (χ3n) is 8.63. The van der Waals surface area contributed by atoms with Crippen molar-refractivity contribution in [1.29, 1.82) is 0 Å². The molecular weight excluding hydrogens is 460 g/mol. The van der Waals surface area contributed by atoms with E-state index in [4.69, 9.17) is 0 Å². The van der Waals surface area contributed by atoms with E-state index in [1.54, 1.807) is 0 Å². The van der Waals surface area contributed by atoms with Crippen molar-refractivity contribution in [2.24, 2.45) is 7.05 Å². The van der Waals surface area contributed by atoms with E-state index in [0.717, 1.165) is 0 Å². The Morgan fingerprint density at radius 1 is 0.553 bits per heavy atom. The van der Waals surface area contributed by atoms with Gasteiger partial charge in [0.15, 0.2) is 13.2 Å². The number of fused-ring (bicyclic) bond motifs is 10. The Kier molecular flexibility index (Phi) is 4.31. The second kappa shape index (κ2) is 7.66. The molecule has 1 spiro atoms. The topological polar surface area (TPSA) is 8.81 Å². The first-order valence-corrected chi connectivity index (χ1v) is 13.3. The lowest BCUT2D eigenvalue weighted by molar-refractivity contribution is -0.743. The fourth-order valence-corrected chi connectivity index (χ4v) is 7.06. The Hall–Kier alpha value is -4.69. The third kappa shape index (κ3) is 2.59. The minimum absolute atomic E-state index is 0.291. The Balaban J connectivity index is 1.42. The third-order valence-corrected chi connectivity index (χ3v) is 8.63. The molecule has 0 fully saturated rings. The molecule has 180 valence electrons. The summed E-state index contributed by atoms with van der Waals surface area (Å²) in [5.74, 6) is 0. The molecule has 2 heteroatoms. The van der Waals surface area contributed by atoms with Crippen molar-refractivity contribution < 1.29 is 4.68 Å². The number of para-hydroxylation sites is 1. The van der Waals surface area contributed by atoms with Crippen LogP contribution in [0.3, 0.4) is 0 Å². The Morgan fingerprint density at radius 3 is 1.71 bits per heavy atom. The van der Waals surface area contributed by atoms with E-state index in [0.29, 0.717) is 0 Å². The maximum absolute atomic E-state index is 2.41. The maximum Gasteiger partial charge on any atom is 0.196 e. The van der Waals surface area contributed by atoms with Crippen LogP contribution in [0, 0.1) is 6.92 Å². The van der Waals surface area contributed by atoms with Gasteiger partial charge in [-0.1, -0.05) is 103 Å². The molecule has 8 rings (SSSR count). The Bertz CT molecular complexity index is 1860. The molecule has 0 N–H and O–H groups in total. The number of benzene rings is 5. The van der Waals surface area contributed by atoms with Crippen LogP contribution < -0.4 is 4.68 Å². The van der Waals surface area contributed by atoms with E-state index in [1.165, 1.54) is 67.0 Å². The minimum atomic E-state index is -0.291. The molecule has 2 aliphatic rings. The van der Waals surface area contributed by atoms with Gasteiger partial charge in [-0.05, 0) is 69.1 Å². The Labute approximate surface area is 223 Å². The van der Waals surface area contributed by atoms with Crippen LogP contribution in [0.2, 0.25) is 0 Å². The normalized spacial score (nSPS) is 13.7. The quantitative estimate of drug-likeness (QED) is 0.222. The van der Waals surface area contributed by atoms with Gasteiger partial charge in [-0.25, -0.2) is 0 Å². The zero-order valence-electron chi connectivity index (χ0n) is 21.5. The summed E-state index contributed by atoms with van der Waals surface area (Å²) in [7, 11) is 2.11. The second-order valence-electron chi connectivity index (χ2n) is 10.5. The molecule has 0 saturated carbocycles. The van der Waals surface area contributed by atoms with Gasteiger partial charge in [0.1, 0.15) is 11.4 Å². The van der Waals surface area contributed by atoms with Crippen LogP contribution in [0.15, 0.2) is 128 Å². The van der Waals surface area contributed by atoms with Gasteiger partial charge in [0.25, 0.3) is 0 Å². The molecule has 1 aromatic heterocycles. The first-order valence-electron chi connectivity index (χ1n) is 13.3. The largest absolute Gasteiger partial charge is 0.196 e. The van der Waals surface area contributed by atoms with Crippen LogP contribution >= 0.6 is 0 Å². The molecule has 38 heavy (non-hydrogen) atoms. The highest BCUT2D eigenvalue weighted by Gasteiger charge is 2.51. The molecule has 0 aliphatic heterocycles. The van der Waals surface area contributed by atoms with E-state index in [1.807, 2.05) is 0 Å². The van der Waals surface area contributed by atoms with E-state index < -0.39 is 0 Å². The molecule has 6 aromatic rings. The smallest absolute Gasteiger partial charge is 0.121 e. The number of aryl methyl sites for hydroxylation is 2. The van der Waals surface area contributed by atoms with Crippen LogP contribution in [0.5, 0.6) is 0 Å². The maximum atomic E-state index is 2.41. The molecule has 2 nitrogen and oxygen atoms in total. The summed E-state index contributed by atoms with van der Waals surface area (Å²) < 4.78 is 4.48. The van der Waals surface area contributed by atoms with Crippen LogP contribution in [0.25, 0.3) is 39.2 Å². The molecule has 5 aromatic carbocycles. The number of hydrogen-bond donors (Lipinski definition) is 0. The van der Waals surface area contributed by atoms with Gasteiger partial charge in [-0.2, -0.15) is 0 Å². The average Bonchev–Trinajstić information content (AvgIpc) is 3.59. The first-order chi connectivity index (χ1) is 18.7. The van der Waals surface area contributed by atoms with Gasteiger partial charge in [-0.3, -0.25) is 0 Å². The van der Waals surface area contributed by atoms with Gasteiger partial charge in [-0.15, -0.1) is 9.36 Å². The lowest BCUT2D eigenvalue weighted by Crippen LogP contribution is -2.37. The molecule has 1 heterocycles. The van der Waals surface area contributed by atoms with Gasteiger partial charge < -0.3 is 0 Å². The van der Waals surface area contributed by atoms with Crippen LogP contribution in [-0.4, -0.2) is 4.68 Å². The van der Waals surface area contributed by atoms with Gasteiger partial charge in [0.2, 0.25) is 0 Å². The van der Waals surface area contributed by atoms with E-state index in [-0.39, 0.29) is 5.41 Å². The SMILES string of the molecule is Cc1ccccc1-n1c(-c2ccc3c(c2)-c2ccccc2C32c3ccccc3-c3ccccc32)cc[n+]1C. The summed E-state index contributed by atoms with van der Waals surface area (Å²) in [5, 5.41) is 0. The molecule has 0 bridgehead atoms. The number of hydrogen-bond acceptors (Lipinski definition) is 0. The lowest BCUT2D eigenvalue weighted by atomic mass is 9.70. The molecule has 0 saturated heterocycles. The second-order valence-corrected chi connectivity index (χ2v) is 10.5. The molecule has 2 aliphatic carbocycles. The predicted octanol–water partition coefficient (Wildman–Crippen LogP) is 7.62. The summed E-state index contributed by atoms with van der Waals surface area (Å²) in [4.78, 5) is 0. The van der Waals surface area contributed by atoms with Crippen molar-refractivity contribution >= 4 is 0 Å². The minimum Gasteiger partial charge on any atom is -0.121 e. The first kappa shape index (κ1) is 21.4. The summed E-state index contributed by atoms with van der Waals surface area (Å²) >= 11 is 0. The van der Waals surface area contributed by atoms with Gasteiger partial charge >= 0.3 is 0 Å². The molecule has 0 amide bonds. The molecule has 0 atom stereocenters. The fraction of sp³-hybridized carbons (Fsp3) is 0.0833. The number of rotatable bonds is 2. The van der Waals surface area contributed by atoms with Crippen molar-refractivity contribution in [3.05, 3.63) is 155 Å². The van der Waals surface area contributed by atoms with Crippen molar-refractivity contribution in [2.45, 2.75) is 12.3 Å². The van der Waals surface area contributed by atoms with Gasteiger partial charge in [0, 0.05) is 11.6 Å².